The summed E-state index contributed by atoms with van der Waals surface area (Å²) in [5, 5.41) is 0. The van der Waals surface area contributed by atoms with Crippen LogP contribution in [-0.4, -0.2) is 13.1 Å². The molecular weight excluding hydrogens is 300 g/mol. The molecule has 0 saturated carbocycles. The second kappa shape index (κ2) is 7.00. The Morgan fingerprint density at radius 3 is 2.54 bits per heavy atom. The number of carbonyl (C=O) groups is 1. The summed E-state index contributed by atoms with van der Waals surface area (Å²) in [6, 6.07) is 0. The fourth-order valence-corrected chi connectivity index (χ4v) is 3.65. The number of cyclic esters (lactones) is 1. The number of esters is 1. The van der Waals surface area contributed by atoms with Crippen molar-refractivity contribution < 1.29 is 14.3 Å². The molecule has 1 aromatic carbocycles. The Labute approximate surface area is 146 Å². The molecule has 0 atom stereocenters. The number of hydrogen-bond acceptors (Lipinski definition) is 3. The molecule has 1 aromatic rings. The SMILES string of the molecule is CCC/C(C)=C/Cc1c(OC)c(C)c2c(c1C(C)(C)C)C(=O)OC2. The number of ether oxygens (including phenoxy) is 2. The Bertz CT molecular complexity index is 676. The molecule has 1 heterocycles. The zero-order chi connectivity index (χ0) is 18.1. The summed E-state index contributed by atoms with van der Waals surface area (Å²) >= 11 is 0. The second-order valence-electron chi connectivity index (χ2n) is 7.70. The van der Waals surface area contributed by atoms with Gasteiger partial charge in [-0.15, -0.1) is 0 Å². The standard InChI is InChI=1S/C21H30O3/c1-8-9-13(2)10-11-15-18(21(4,5)6)17-16(12-24-20(17)22)14(3)19(15)23-7/h10H,8-9,11-12H2,1-7H3/b13-10+. The minimum atomic E-state index is -0.198. The van der Waals surface area contributed by atoms with Gasteiger partial charge in [-0.2, -0.15) is 0 Å². The smallest absolute Gasteiger partial charge is 0.339 e. The van der Waals surface area contributed by atoms with E-state index in [4.69, 9.17) is 9.47 Å². The number of benzene rings is 1. The largest absolute Gasteiger partial charge is 0.496 e. The van der Waals surface area contributed by atoms with Crippen LogP contribution < -0.4 is 4.74 Å². The topological polar surface area (TPSA) is 35.5 Å². The van der Waals surface area contributed by atoms with E-state index in [-0.39, 0.29) is 11.4 Å². The van der Waals surface area contributed by atoms with Gasteiger partial charge in [0.2, 0.25) is 0 Å². The normalized spacial score (nSPS) is 14.6. The monoisotopic (exact) mass is 330 g/mol. The lowest BCUT2D eigenvalue weighted by Gasteiger charge is -2.28. The van der Waals surface area contributed by atoms with Crippen LogP contribution in [0.15, 0.2) is 11.6 Å². The number of rotatable bonds is 5. The van der Waals surface area contributed by atoms with E-state index in [9.17, 15) is 4.79 Å². The molecule has 0 unspecified atom stereocenters. The van der Waals surface area contributed by atoms with Gasteiger partial charge in [-0.05, 0) is 43.2 Å². The van der Waals surface area contributed by atoms with Crippen LogP contribution in [-0.2, 0) is 23.2 Å². The minimum absolute atomic E-state index is 0.156. The van der Waals surface area contributed by atoms with Crippen LogP contribution in [0, 0.1) is 6.92 Å². The first-order valence-corrected chi connectivity index (χ1v) is 8.77. The first-order chi connectivity index (χ1) is 11.2. The number of methoxy groups -OCH3 is 1. The van der Waals surface area contributed by atoms with Crippen molar-refractivity contribution >= 4 is 5.97 Å². The lowest BCUT2D eigenvalue weighted by Crippen LogP contribution is -2.21. The van der Waals surface area contributed by atoms with Gasteiger partial charge in [0, 0.05) is 11.1 Å². The molecule has 0 radical (unpaired) electrons. The van der Waals surface area contributed by atoms with Crippen molar-refractivity contribution in [1.29, 1.82) is 0 Å². The maximum absolute atomic E-state index is 12.4. The molecule has 0 aromatic heterocycles. The number of hydrogen-bond donors (Lipinski definition) is 0. The van der Waals surface area contributed by atoms with Gasteiger partial charge in [0.25, 0.3) is 0 Å². The van der Waals surface area contributed by atoms with E-state index >= 15 is 0 Å². The Balaban J connectivity index is 2.71. The van der Waals surface area contributed by atoms with Crippen LogP contribution in [0.1, 0.15) is 80.1 Å². The highest BCUT2D eigenvalue weighted by atomic mass is 16.5. The minimum Gasteiger partial charge on any atom is -0.496 e. The first kappa shape index (κ1) is 18.6. The molecule has 3 heteroatoms. The predicted molar refractivity (Wildman–Crippen MR) is 97.9 cm³/mol. The fraction of sp³-hybridized carbons (Fsp3) is 0.571. The lowest BCUT2D eigenvalue weighted by molar-refractivity contribution is 0.0533. The summed E-state index contributed by atoms with van der Waals surface area (Å²) in [4.78, 5) is 12.4. The molecule has 132 valence electrons. The quantitative estimate of drug-likeness (QED) is 0.545. The van der Waals surface area contributed by atoms with E-state index in [0.29, 0.717) is 6.61 Å². The maximum Gasteiger partial charge on any atom is 0.339 e. The lowest BCUT2D eigenvalue weighted by atomic mass is 9.77. The molecule has 0 fully saturated rings. The van der Waals surface area contributed by atoms with E-state index < -0.39 is 0 Å². The third-order valence-electron chi connectivity index (χ3n) is 4.73. The molecule has 1 aliphatic rings. The Kier molecular flexibility index (Phi) is 5.42. The van der Waals surface area contributed by atoms with E-state index in [1.54, 1.807) is 7.11 Å². The van der Waals surface area contributed by atoms with Crippen molar-refractivity contribution in [2.45, 2.75) is 72.8 Å². The molecule has 2 rings (SSSR count). The average molecular weight is 330 g/mol. The maximum atomic E-state index is 12.4. The fourth-order valence-electron chi connectivity index (χ4n) is 3.65. The second-order valence-corrected chi connectivity index (χ2v) is 7.70. The van der Waals surface area contributed by atoms with Gasteiger partial charge in [-0.1, -0.05) is 45.8 Å². The number of carbonyl (C=O) groups excluding carboxylic acids is 1. The highest BCUT2D eigenvalue weighted by Crippen LogP contribution is 2.43. The molecule has 0 bridgehead atoms. The van der Waals surface area contributed by atoms with Gasteiger partial charge in [-0.25, -0.2) is 4.79 Å². The molecule has 0 aliphatic carbocycles. The zero-order valence-corrected chi connectivity index (χ0v) is 16.1. The molecule has 0 N–H and O–H groups in total. The van der Waals surface area contributed by atoms with Gasteiger partial charge >= 0.3 is 5.97 Å². The first-order valence-electron chi connectivity index (χ1n) is 8.77. The van der Waals surface area contributed by atoms with E-state index in [0.717, 1.165) is 52.8 Å². The van der Waals surface area contributed by atoms with Crippen molar-refractivity contribution in [2.24, 2.45) is 0 Å². The molecule has 0 amide bonds. The molecule has 1 aliphatic heterocycles. The average Bonchev–Trinajstić information content (AvgIpc) is 2.86. The molecule has 0 saturated heterocycles. The third-order valence-corrected chi connectivity index (χ3v) is 4.73. The highest BCUT2D eigenvalue weighted by Gasteiger charge is 2.35. The zero-order valence-electron chi connectivity index (χ0n) is 16.1. The summed E-state index contributed by atoms with van der Waals surface area (Å²) in [7, 11) is 1.71. The van der Waals surface area contributed by atoms with Gasteiger partial charge in [-0.3, -0.25) is 0 Å². The molecule has 3 nitrogen and oxygen atoms in total. The van der Waals surface area contributed by atoms with Gasteiger partial charge < -0.3 is 9.47 Å². The van der Waals surface area contributed by atoms with Crippen LogP contribution in [0.4, 0.5) is 0 Å². The van der Waals surface area contributed by atoms with Gasteiger partial charge in [0.05, 0.1) is 12.7 Å². The van der Waals surface area contributed by atoms with Crippen LogP contribution >= 0.6 is 0 Å². The van der Waals surface area contributed by atoms with Crippen molar-refractivity contribution in [3.8, 4) is 5.75 Å². The molecule has 24 heavy (non-hydrogen) atoms. The van der Waals surface area contributed by atoms with Crippen molar-refractivity contribution in [2.75, 3.05) is 7.11 Å². The Morgan fingerprint density at radius 1 is 1.33 bits per heavy atom. The third kappa shape index (κ3) is 3.35. The highest BCUT2D eigenvalue weighted by molar-refractivity contribution is 5.97. The van der Waals surface area contributed by atoms with Crippen molar-refractivity contribution in [1.82, 2.24) is 0 Å². The molecular formula is C21H30O3. The van der Waals surface area contributed by atoms with Gasteiger partial charge in [0.1, 0.15) is 12.4 Å². The summed E-state index contributed by atoms with van der Waals surface area (Å²) in [6.07, 6.45) is 5.28. The van der Waals surface area contributed by atoms with Crippen molar-refractivity contribution in [3.05, 3.63) is 39.5 Å². The van der Waals surface area contributed by atoms with Crippen LogP contribution in [0.25, 0.3) is 0 Å². The van der Waals surface area contributed by atoms with E-state index in [1.807, 2.05) is 6.92 Å². The van der Waals surface area contributed by atoms with Crippen molar-refractivity contribution in [3.63, 3.8) is 0 Å². The van der Waals surface area contributed by atoms with E-state index in [1.165, 1.54) is 5.57 Å². The Morgan fingerprint density at radius 2 is 2.00 bits per heavy atom. The Hall–Kier alpha value is -1.77. The predicted octanol–water partition coefficient (Wildman–Crippen LogP) is 5.26. The van der Waals surface area contributed by atoms with Crippen LogP contribution in [0.3, 0.4) is 0 Å². The van der Waals surface area contributed by atoms with Crippen LogP contribution in [0.5, 0.6) is 5.75 Å². The summed E-state index contributed by atoms with van der Waals surface area (Å²) < 4.78 is 11.1. The summed E-state index contributed by atoms with van der Waals surface area (Å²) in [5.41, 5.74) is 6.19. The summed E-state index contributed by atoms with van der Waals surface area (Å²) in [6.45, 7) is 13.2. The van der Waals surface area contributed by atoms with E-state index in [2.05, 4.69) is 40.7 Å². The number of fused-ring (bicyclic) bond motifs is 1. The summed E-state index contributed by atoms with van der Waals surface area (Å²) in [5.74, 6) is 0.703. The molecule has 0 spiro atoms. The van der Waals surface area contributed by atoms with Crippen LogP contribution in [0.2, 0.25) is 0 Å². The number of allylic oxidation sites excluding steroid dienone is 2. The van der Waals surface area contributed by atoms with Gasteiger partial charge in [0.15, 0.2) is 0 Å².